The first kappa shape index (κ1) is 20.9. The fourth-order valence-corrected chi connectivity index (χ4v) is 4.99. The van der Waals surface area contributed by atoms with E-state index in [0.717, 1.165) is 12.8 Å². The Bertz CT molecular complexity index is 925. The van der Waals surface area contributed by atoms with E-state index < -0.39 is 6.04 Å². The molecule has 0 saturated carbocycles. The summed E-state index contributed by atoms with van der Waals surface area (Å²) in [4.78, 5) is 44.8. The second kappa shape index (κ2) is 9.18. The van der Waals surface area contributed by atoms with Gasteiger partial charge in [-0.2, -0.15) is 0 Å². The maximum absolute atomic E-state index is 13.2. The molecule has 30 heavy (non-hydrogen) atoms. The lowest BCUT2D eigenvalue weighted by atomic mass is 10.00. The lowest BCUT2D eigenvalue weighted by molar-refractivity contribution is -0.138. The molecule has 0 radical (unpaired) electrons. The number of carbonyl (C=O) groups excluding carboxylic acids is 3. The number of carbonyl (C=O) groups is 3. The summed E-state index contributed by atoms with van der Waals surface area (Å²) < 4.78 is 0. The third kappa shape index (κ3) is 4.37. The first-order valence-electron chi connectivity index (χ1n) is 10.2. The summed E-state index contributed by atoms with van der Waals surface area (Å²) in [6.07, 6.45) is 2.55. The largest absolute Gasteiger partial charge is 0.337 e. The molecular weight excluding hydrogens is 422 g/mol. The SMILES string of the molecule is O=C(c1cccc(Cl)c1)N1CCN(C(=O)[C@H]2CCCCN2C(=O)c2cccs2)CC1. The zero-order chi connectivity index (χ0) is 21.1. The molecule has 3 amide bonds. The molecule has 2 aromatic rings. The van der Waals surface area contributed by atoms with Crippen molar-refractivity contribution in [2.75, 3.05) is 32.7 Å². The third-order valence-electron chi connectivity index (χ3n) is 5.73. The van der Waals surface area contributed by atoms with Gasteiger partial charge in [-0.25, -0.2) is 0 Å². The van der Waals surface area contributed by atoms with Gasteiger partial charge in [-0.3, -0.25) is 14.4 Å². The Kier molecular flexibility index (Phi) is 6.39. The second-order valence-corrected chi connectivity index (χ2v) is 9.00. The van der Waals surface area contributed by atoms with Gasteiger partial charge in [0.2, 0.25) is 5.91 Å². The maximum Gasteiger partial charge on any atom is 0.264 e. The van der Waals surface area contributed by atoms with E-state index in [2.05, 4.69) is 0 Å². The van der Waals surface area contributed by atoms with Crippen LogP contribution in [-0.4, -0.2) is 71.2 Å². The van der Waals surface area contributed by atoms with Gasteiger partial charge < -0.3 is 14.7 Å². The van der Waals surface area contributed by atoms with Gasteiger partial charge in [0.05, 0.1) is 4.88 Å². The summed E-state index contributed by atoms with van der Waals surface area (Å²) >= 11 is 7.41. The van der Waals surface area contributed by atoms with Gasteiger partial charge in [0.1, 0.15) is 6.04 Å². The molecule has 8 heteroatoms. The number of amides is 3. The summed E-state index contributed by atoms with van der Waals surface area (Å²) in [5.41, 5.74) is 0.558. The van der Waals surface area contributed by atoms with Crippen LogP contribution < -0.4 is 0 Å². The fraction of sp³-hybridized carbons (Fsp3) is 0.409. The molecule has 6 nitrogen and oxygen atoms in total. The molecule has 1 atom stereocenters. The molecule has 1 aromatic heterocycles. The Hall–Kier alpha value is -2.38. The summed E-state index contributed by atoms with van der Waals surface area (Å²) in [7, 11) is 0. The van der Waals surface area contributed by atoms with E-state index in [0.29, 0.717) is 54.6 Å². The van der Waals surface area contributed by atoms with Crippen LogP contribution in [-0.2, 0) is 4.79 Å². The van der Waals surface area contributed by atoms with Gasteiger partial charge in [-0.05, 0) is 48.9 Å². The Labute approximate surface area is 185 Å². The number of benzene rings is 1. The predicted octanol–water partition coefficient (Wildman–Crippen LogP) is 3.38. The van der Waals surface area contributed by atoms with Crippen LogP contribution in [0.2, 0.25) is 5.02 Å². The predicted molar refractivity (Wildman–Crippen MR) is 117 cm³/mol. The van der Waals surface area contributed by atoms with Crippen molar-refractivity contribution in [3.8, 4) is 0 Å². The first-order chi connectivity index (χ1) is 14.5. The normalized spacial score (nSPS) is 19.6. The van der Waals surface area contributed by atoms with Crippen LogP contribution in [0.5, 0.6) is 0 Å². The molecule has 4 rings (SSSR count). The van der Waals surface area contributed by atoms with Gasteiger partial charge in [0, 0.05) is 43.3 Å². The standard InChI is InChI=1S/C22H24ClN3O3S/c23-17-6-3-5-16(15-17)20(27)24-10-12-25(13-11-24)21(28)18-7-1-2-9-26(18)22(29)19-8-4-14-30-19/h3-6,8,14-15,18H,1-2,7,9-13H2/t18-/m1/s1. The molecule has 0 unspecified atom stereocenters. The van der Waals surface area contributed by atoms with Crippen molar-refractivity contribution in [2.45, 2.75) is 25.3 Å². The minimum atomic E-state index is -0.413. The van der Waals surface area contributed by atoms with Gasteiger partial charge in [-0.15, -0.1) is 11.3 Å². The lowest BCUT2D eigenvalue weighted by Gasteiger charge is -2.40. The van der Waals surface area contributed by atoms with Crippen molar-refractivity contribution in [1.29, 1.82) is 0 Å². The number of piperidine rings is 1. The number of hydrogen-bond donors (Lipinski definition) is 0. The zero-order valence-corrected chi connectivity index (χ0v) is 18.2. The van der Waals surface area contributed by atoms with Gasteiger partial charge in [0.15, 0.2) is 0 Å². The van der Waals surface area contributed by atoms with Crippen LogP contribution in [0.4, 0.5) is 0 Å². The second-order valence-electron chi connectivity index (χ2n) is 7.62. The van der Waals surface area contributed by atoms with E-state index in [1.165, 1.54) is 11.3 Å². The van der Waals surface area contributed by atoms with Crippen LogP contribution in [0.25, 0.3) is 0 Å². The molecule has 0 spiro atoms. The molecule has 3 heterocycles. The molecule has 1 aromatic carbocycles. The third-order valence-corrected chi connectivity index (χ3v) is 6.82. The van der Waals surface area contributed by atoms with Crippen LogP contribution >= 0.6 is 22.9 Å². The van der Waals surface area contributed by atoms with Crippen molar-refractivity contribution < 1.29 is 14.4 Å². The highest BCUT2D eigenvalue weighted by Gasteiger charge is 2.36. The van der Waals surface area contributed by atoms with E-state index >= 15 is 0 Å². The molecule has 0 bridgehead atoms. The Morgan fingerprint density at radius 2 is 1.67 bits per heavy atom. The van der Waals surface area contributed by atoms with Crippen LogP contribution in [0.3, 0.4) is 0 Å². The quantitative estimate of drug-likeness (QED) is 0.727. The number of halogens is 1. The van der Waals surface area contributed by atoms with Crippen molar-refractivity contribution in [3.63, 3.8) is 0 Å². The Morgan fingerprint density at radius 3 is 2.37 bits per heavy atom. The molecule has 2 saturated heterocycles. The summed E-state index contributed by atoms with van der Waals surface area (Å²) in [5, 5.41) is 2.41. The van der Waals surface area contributed by atoms with Gasteiger partial charge in [-0.1, -0.05) is 23.7 Å². The maximum atomic E-state index is 13.2. The summed E-state index contributed by atoms with van der Waals surface area (Å²) in [6, 6.07) is 10.2. The van der Waals surface area contributed by atoms with Crippen molar-refractivity contribution in [1.82, 2.24) is 14.7 Å². The van der Waals surface area contributed by atoms with E-state index in [4.69, 9.17) is 11.6 Å². The summed E-state index contributed by atoms with van der Waals surface area (Å²) in [5.74, 6) is -0.135. The molecule has 2 aliphatic heterocycles. The highest BCUT2D eigenvalue weighted by Crippen LogP contribution is 2.24. The van der Waals surface area contributed by atoms with Crippen LogP contribution in [0.15, 0.2) is 41.8 Å². The number of hydrogen-bond acceptors (Lipinski definition) is 4. The first-order valence-corrected chi connectivity index (χ1v) is 11.5. The van der Waals surface area contributed by atoms with Crippen molar-refractivity contribution in [2.24, 2.45) is 0 Å². The average Bonchev–Trinajstić information content (AvgIpc) is 3.33. The fourth-order valence-electron chi connectivity index (χ4n) is 4.12. The smallest absolute Gasteiger partial charge is 0.264 e. The minimum Gasteiger partial charge on any atom is -0.337 e. The molecule has 0 N–H and O–H groups in total. The topological polar surface area (TPSA) is 60.9 Å². The number of rotatable bonds is 3. The van der Waals surface area contributed by atoms with Gasteiger partial charge >= 0.3 is 0 Å². The van der Waals surface area contributed by atoms with Crippen molar-refractivity contribution in [3.05, 3.63) is 57.2 Å². The zero-order valence-electron chi connectivity index (χ0n) is 16.6. The number of likely N-dealkylation sites (tertiary alicyclic amines) is 1. The number of piperazine rings is 1. The van der Waals surface area contributed by atoms with E-state index in [1.54, 1.807) is 39.0 Å². The highest BCUT2D eigenvalue weighted by molar-refractivity contribution is 7.12. The highest BCUT2D eigenvalue weighted by atomic mass is 35.5. The minimum absolute atomic E-state index is 0.00513. The molecule has 2 fully saturated rings. The van der Waals surface area contributed by atoms with Crippen LogP contribution in [0, 0.1) is 0 Å². The molecule has 158 valence electrons. The monoisotopic (exact) mass is 445 g/mol. The number of thiophene rings is 1. The van der Waals surface area contributed by atoms with E-state index in [-0.39, 0.29) is 17.7 Å². The van der Waals surface area contributed by atoms with Crippen molar-refractivity contribution >= 4 is 40.7 Å². The molecular formula is C22H24ClN3O3S. The summed E-state index contributed by atoms with van der Waals surface area (Å²) in [6.45, 7) is 2.51. The lowest BCUT2D eigenvalue weighted by Crippen LogP contribution is -2.57. The molecule has 2 aliphatic rings. The average molecular weight is 446 g/mol. The molecule has 0 aliphatic carbocycles. The van der Waals surface area contributed by atoms with Crippen LogP contribution in [0.1, 0.15) is 39.3 Å². The van der Waals surface area contributed by atoms with E-state index in [9.17, 15) is 14.4 Å². The Balaban J connectivity index is 1.39. The number of nitrogens with zero attached hydrogens (tertiary/aromatic N) is 3. The van der Waals surface area contributed by atoms with Gasteiger partial charge in [0.25, 0.3) is 11.8 Å². The Morgan fingerprint density at radius 1 is 0.900 bits per heavy atom. The van der Waals surface area contributed by atoms with E-state index in [1.807, 2.05) is 17.5 Å².